The van der Waals surface area contributed by atoms with Gasteiger partial charge in [0.1, 0.15) is 8.45 Å². The van der Waals surface area contributed by atoms with Crippen molar-refractivity contribution < 1.29 is 4.89 Å². The minimum Gasteiger partial charge on any atom is -0.644 e. The summed E-state index contributed by atoms with van der Waals surface area (Å²) in [4.78, 5) is 13.3. The summed E-state index contributed by atoms with van der Waals surface area (Å²) in [7, 11) is -2.04. The van der Waals surface area contributed by atoms with Gasteiger partial charge in [0.05, 0.1) is 24.5 Å². The largest absolute Gasteiger partial charge is 0.644 e. The molecule has 3 nitrogen and oxygen atoms in total. The van der Waals surface area contributed by atoms with Crippen LogP contribution in [0.5, 0.6) is 0 Å². The Kier molecular flexibility index (Phi) is 4.59. The predicted octanol–water partition coefficient (Wildman–Crippen LogP) is 4.18. The molecule has 128 valence electrons. The van der Waals surface area contributed by atoms with Crippen molar-refractivity contribution in [2.24, 2.45) is 0 Å². The van der Waals surface area contributed by atoms with Crippen LogP contribution in [0.4, 0.5) is 11.4 Å². The van der Waals surface area contributed by atoms with E-state index in [1.807, 2.05) is 0 Å². The molecule has 1 saturated heterocycles. The van der Waals surface area contributed by atoms with Crippen LogP contribution < -0.4 is 14.2 Å². The van der Waals surface area contributed by atoms with Gasteiger partial charge in [-0.25, -0.2) is 9.34 Å². The molecule has 0 aromatic heterocycles. The summed E-state index contributed by atoms with van der Waals surface area (Å²) in [6.07, 6.45) is 0. The topological polar surface area (TPSA) is 29.5 Å². The van der Waals surface area contributed by atoms with Crippen LogP contribution in [0.25, 0.3) is 0 Å². The first-order valence-electron chi connectivity index (χ1n) is 8.54. The summed E-state index contributed by atoms with van der Waals surface area (Å²) in [5.41, 5.74) is 9.67. The van der Waals surface area contributed by atoms with E-state index >= 15 is 0 Å². The van der Waals surface area contributed by atoms with Crippen LogP contribution in [0.15, 0.2) is 24.3 Å². The zero-order valence-electron chi connectivity index (χ0n) is 15.5. The van der Waals surface area contributed by atoms with E-state index in [4.69, 9.17) is 0 Å². The number of hydrogen-bond donors (Lipinski definition) is 0. The van der Waals surface area contributed by atoms with Gasteiger partial charge in [0, 0.05) is 0 Å². The van der Waals surface area contributed by atoms with Crippen molar-refractivity contribution in [1.29, 1.82) is 0 Å². The van der Waals surface area contributed by atoms with Crippen molar-refractivity contribution in [3.05, 3.63) is 57.6 Å². The van der Waals surface area contributed by atoms with E-state index < -0.39 is 8.45 Å². The molecule has 0 saturated carbocycles. The van der Waals surface area contributed by atoms with Crippen molar-refractivity contribution in [2.45, 2.75) is 41.5 Å². The SMILES string of the molecule is Cc1cc(C)c(N2CCN(c3c(C)cc(C)cc3C)[PH+]2[O-])c(C)c1. The fourth-order valence-corrected chi connectivity index (χ4v) is 6.11. The van der Waals surface area contributed by atoms with E-state index in [1.54, 1.807) is 0 Å². The Hall–Kier alpha value is -1.57. The zero-order valence-corrected chi connectivity index (χ0v) is 16.5. The Morgan fingerprint density at radius 2 is 0.958 bits per heavy atom. The maximum atomic E-state index is 13.3. The van der Waals surface area contributed by atoms with Crippen LogP contribution >= 0.6 is 8.45 Å². The third kappa shape index (κ3) is 2.92. The molecule has 0 spiro atoms. The molecule has 1 aliphatic rings. The van der Waals surface area contributed by atoms with Crippen LogP contribution in [-0.4, -0.2) is 13.1 Å². The second kappa shape index (κ2) is 6.38. The average Bonchev–Trinajstić information content (AvgIpc) is 2.79. The Morgan fingerprint density at radius 3 is 1.25 bits per heavy atom. The zero-order chi connectivity index (χ0) is 17.6. The van der Waals surface area contributed by atoms with Gasteiger partial charge in [0.2, 0.25) is 0 Å². The third-order valence-electron chi connectivity index (χ3n) is 4.82. The summed E-state index contributed by atoms with van der Waals surface area (Å²) < 4.78 is 4.24. The van der Waals surface area contributed by atoms with Crippen molar-refractivity contribution >= 4 is 19.8 Å². The first kappa shape index (κ1) is 17.3. The van der Waals surface area contributed by atoms with Crippen LogP contribution in [0.3, 0.4) is 0 Å². The summed E-state index contributed by atoms with van der Waals surface area (Å²) in [5, 5.41) is 0. The molecule has 1 heterocycles. The third-order valence-corrected chi connectivity index (χ3v) is 6.64. The lowest BCUT2D eigenvalue weighted by Gasteiger charge is -2.31. The predicted molar refractivity (Wildman–Crippen MR) is 104 cm³/mol. The van der Waals surface area contributed by atoms with Gasteiger partial charge in [0.25, 0.3) is 0 Å². The molecular formula is C20H27N2OP. The number of benzene rings is 2. The first-order chi connectivity index (χ1) is 11.3. The minimum absolute atomic E-state index is 0.815. The normalized spacial score (nSPS) is 15.5. The summed E-state index contributed by atoms with van der Waals surface area (Å²) in [6, 6.07) is 8.73. The van der Waals surface area contributed by atoms with Crippen LogP contribution in [0, 0.1) is 41.5 Å². The number of nitrogens with zero attached hydrogens (tertiary/aromatic N) is 2. The van der Waals surface area contributed by atoms with Gasteiger partial charge in [-0.15, -0.1) is 0 Å². The lowest BCUT2D eigenvalue weighted by molar-refractivity contribution is -0.159. The van der Waals surface area contributed by atoms with Gasteiger partial charge in [-0.1, -0.05) is 35.4 Å². The van der Waals surface area contributed by atoms with Crippen molar-refractivity contribution in [3.8, 4) is 0 Å². The Bertz CT molecular complexity index is 676. The smallest absolute Gasteiger partial charge is 0.140 e. The van der Waals surface area contributed by atoms with Crippen molar-refractivity contribution in [2.75, 3.05) is 22.4 Å². The molecule has 0 aliphatic carbocycles. The number of anilines is 2. The molecule has 0 unspecified atom stereocenters. The number of hydrogen-bond acceptors (Lipinski definition) is 3. The highest BCUT2D eigenvalue weighted by atomic mass is 31.2. The fraction of sp³-hybridized carbons (Fsp3) is 0.400. The molecule has 1 aliphatic heterocycles. The van der Waals surface area contributed by atoms with Crippen LogP contribution in [0.2, 0.25) is 0 Å². The molecule has 3 rings (SSSR count). The molecular weight excluding hydrogens is 315 g/mol. The van der Waals surface area contributed by atoms with Gasteiger partial charge < -0.3 is 4.89 Å². The van der Waals surface area contributed by atoms with E-state index in [-0.39, 0.29) is 0 Å². The maximum absolute atomic E-state index is 13.3. The van der Waals surface area contributed by atoms with E-state index in [0.717, 1.165) is 24.5 Å². The fourth-order valence-electron chi connectivity index (χ4n) is 4.15. The van der Waals surface area contributed by atoms with Gasteiger partial charge in [-0.2, -0.15) is 0 Å². The summed E-state index contributed by atoms with van der Waals surface area (Å²) in [6.45, 7) is 14.3. The molecule has 0 atom stereocenters. The number of rotatable bonds is 2. The molecule has 24 heavy (non-hydrogen) atoms. The van der Waals surface area contributed by atoms with Crippen molar-refractivity contribution in [1.82, 2.24) is 0 Å². The average molecular weight is 342 g/mol. The minimum atomic E-state index is -2.04. The standard InChI is InChI=1S/C20H27N2OP/c1-13-9-15(3)19(16(4)10-13)21-7-8-22(24(21)23)20-17(5)11-14(2)12-18(20)6/h9-12,24H,7-8H2,1-6H3. The number of aryl methyl sites for hydroxylation is 6. The molecule has 2 aromatic rings. The van der Waals surface area contributed by atoms with Gasteiger partial charge in [0.15, 0.2) is 0 Å². The summed E-state index contributed by atoms with van der Waals surface area (Å²) >= 11 is 0. The first-order valence-corrected chi connectivity index (χ1v) is 9.84. The van der Waals surface area contributed by atoms with Gasteiger partial charge in [-0.05, 0) is 63.8 Å². The van der Waals surface area contributed by atoms with E-state index in [2.05, 4.69) is 75.1 Å². The molecule has 0 radical (unpaired) electrons. The van der Waals surface area contributed by atoms with E-state index in [1.165, 1.54) is 33.4 Å². The molecule has 0 amide bonds. The molecule has 4 heteroatoms. The van der Waals surface area contributed by atoms with Crippen LogP contribution in [-0.2, 0) is 0 Å². The highest BCUT2D eigenvalue weighted by molar-refractivity contribution is 7.54. The Labute approximate surface area is 146 Å². The Morgan fingerprint density at radius 1 is 0.667 bits per heavy atom. The van der Waals surface area contributed by atoms with E-state index in [9.17, 15) is 4.89 Å². The monoisotopic (exact) mass is 342 g/mol. The van der Waals surface area contributed by atoms with Gasteiger partial charge in [-0.3, -0.25) is 0 Å². The highest BCUT2D eigenvalue weighted by Gasteiger charge is 2.35. The summed E-state index contributed by atoms with van der Waals surface area (Å²) in [5.74, 6) is 0. The second-order valence-electron chi connectivity index (χ2n) is 7.08. The van der Waals surface area contributed by atoms with Crippen LogP contribution in [0.1, 0.15) is 33.4 Å². The second-order valence-corrected chi connectivity index (χ2v) is 8.73. The molecule has 2 aromatic carbocycles. The van der Waals surface area contributed by atoms with Crippen molar-refractivity contribution in [3.63, 3.8) is 0 Å². The lowest BCUT2D eigenvalue weighted by Crippen LogP contribution is -2.24. The lowest BCUT2D eigenvalue weighted by atomic mass is 10.0. The maximum Gasteiger partial charge on any atom is 0.140 e. The molecule has 0 N–H and O–H groups in total. The van der Waals surface area contributed by atoms with Gasteiger partial charge >= 0.3 is 0 Å². The highest BCUT2D eigenvalue weighted by Crippen LogP contribution is 2.50. The quantitative estimate of drug-likeness (QED) is 0.767. The Balaban J connectivity index is 1.99. The molecule has 1 fully saturated rings. The van der Waals surface area contributed by atoms with E-state index in [0.29, 0.717) is 0 Å². The molecule has 0 bridgehead atoms.